The van der Waals surface area contributed by atoms with Gasteiger partial charge < -0.3 is 10.6 Å². The Bertz CT molecular complexity index is 1410. The van der Waals surface area contributed by atoms with Crippen LogP contribution in [0.15, 0.2) is 84.9 Å². The Kier molecular flexibility index (Phi) is 6.18. The molecule has 0 saturated carbocycles. The summed E-state index contributed by atoms with van der Waals surface area (Å²) in [5.74, 6) is -0.564. The fourth-order valence-electron chi connectivity index (χ4n) is 3.67. The summed E-state index contributed by atoms with van der Waals surface area (Å²) in [6.45, 7) is 1.83. The lowest BCUT2D eigenvalue weighted by Gasteiger charge is -2.17. The van der Waals surface area contributed by atoms with Gasteiger partial charge in [-0.2, -0.15) is 0 Å². The van der Waals surface area contributed by atoms with Crippen LogP contribution in [-0.4, -0.2) is 15.8 Å². The van der Waals surface area contributed by atoms with Crippen LogP contribution in [-0.2, 0) is 0 Å². The van der Waals surface area contributed by atoms with E-state index in [2.05, 4.69) is 10.6 Å². The van der Waals surface area contributed by atoms with E-state index in [1.807, 2.05) is 49.4 Å². The van der Waals surface area contributed by atoms with Gasteiger partial charge in [0.2, 0.25) is 0 Å². The minimum absolute atomic E-state index is 0.0552. The van der Waals surface area contributed by atoms with Crippen molar-refractivity contribution in [2.75, 3.05) is 10.6 Å². The molecule has 0 aliphatic rings. The quantitative estimate of drug-likeness (QED) is 0.256. The highest BCUT2D eigenvalue weighted by atomic mass is 16.6. The van der Waals surface area contributed by atoms with E-state index < -0.39 is 27.1 Å². The van der Waals surface area contributed by atoms with Gasteiger partial charge in [-0.15, -0.1) is 0 Å². The number of fused-ring (bicyclic) bond motifs is 1. The fourth-order valence-corrected chi connectivity index (χ4v) is 3.67. The zero-order valence-corrected chi connectivity index (χ0v) is 18.1. The second kappa shape index (κ2) is 9.37. The minimum Gasteiger partial charge on any atom is -0.373 e. The molecule has 9 nitrogen and oxygen atoms in total. The number of nitrogens with one attached hydrogen (secondary N) is 2. The van der Waals surface area contributed by atoms with E-state index >= 15 is 0 Å². The van der Waals surface area contributed by atoms with Gasteiger partial charge in [0.15, 0.2) is 0 Å². The number of amides is 1. The molecule has 0 bridgehead atoms. The van der Waals surface area contributed by atoms with E-state index in [1.54, 1.807) is 30.3 Å². The molecule has 9 heteroatoms. The van der Waals surface area contributed by atoms with Gasteiger partial charge in [-0.1, -0.05) is 54.6 Å². The van der Waals surface area contributed by atoms with Crippen LogP contribution in [0.25, 0.3) is 10.8 Å². The highest BCUT2D eigenvalue weighted by Crippen LogP contribution is 2.38. The van der Waals surface area contributed by atoms with Gasteiger partial charge in [0.25, 0.3) is 17.3 Å². The van der Waals surface area contributed by atoms with Gasteiger partial charge in [-0.05, 0) is 47.5 Å². The third-order valence-electron chi connectivity index (χ3n) is 5.44. The Hall–Kier alpha value is -4.79. The molecule has 2 N–H and O–H groups in total. The molecule has 1 amide bonds. The average Bonchev–Trinajstić information content (AvgIpc) is 2.84. The van der Waals surface area contributed by atoms with Crippen molar-refractivity contribution in [3.8, 4) is 0 Å². The number of nitro groups is 2. The standard InChI is InChI=1S/C25H20N4O5/c1-16(19-12-11-17-7-5-6-10-20(17)13-19)26-21-14-22(24(29(33)34)15-23(21)28(31)32)27-25(30)18-8-3-2-4-9-18/h2-16,26H,1H3,(H,27,30)/t16-/m0/s1. The average molecular weight is 456 g/mol. The first-order chi connectivity index (χ1) is 16.3. The Balaban J connectivity index is 1.71. The third kappa shape index (κ3) is 4.68. The van der Waals surface area contributed by atoms with Gasteiger partial charge >= 0.3 is 0 Å². The van der Waals surface area contributed by atoms with Crippen LogP contribution < -0.4 is 10.6 Å². The van der Waals surface area contributed by atoms with Crippen LogP contribution in [0.1, 0.15) is 28.9 Å². The summed E-state index contributed by atoms with van der Waals surface area (Å²) in [5.41, 5.74) is 0.0598. The molecule has 0 aromatic heterocycles. The number of nitro benzene ring substituents is 2. The van der Waals surface area contributed by atoms with Crippen molar-refractivity contribution in [3.05, 3.63) is 116 Å². The van der Waals surface area contributed by atoms with Gasteiger partial charge in [-0.3, -0.25) is 25.0 Å². The first kappa shape index (κ1) is 22.4. The number of nitrogens with zero attached hydrogens (tertiary/aromatic N) is 2. The second-order valence-corrected chi connectivity index (χ2v) is 7.69. The van der Waals surface area contributed by atoms with Crippen LogP contribution in [0.2, 0.25) is 0 Å². The zero-order valence-electron chi connectivity index (χ0n) is 18.1. The number of hydrogen-bond donors (Lipinski definition) is 2. The SMILES string of the molecule is C[C@H](Nc1cc(NC(=O)c2ccccc2)c([N+](=O)[O-])cc1[N+](=O)[O-])c1ccc2ccccc2c1. The molecule has 170 valence electrons. The molecule has 0 heterocycles. The summed E-state index contributed by atoms with van der Waals surface area (Å²) in [4.78, 5) is 34.5. The lowest BCUT2D eigenvalue weighted by atomic mass is 10.0. The Morgan fingerprint density at radius 1 is 0.765 bits per heavy atom. The fraction of sp³-hybridized carbons (Fsp3) is 0.0800. The molecule has 0 fully saturated rings. The van der Waals surface area contributed by atoms with E-state index in [4.69, 9.17) is 0 Å². The molecular formula is C25H20N4O5. The lowest BCUT2D eigenvalue weighted by Crippen LogP contribution is -2.14. The Morgan fingerprint density at radius 2 is 1.38 bits per heavy atom. The first-order valence-corrected chi connectivity index (χ1v) is 10.4. The smallest absolute Gasteiger partial charge is 0.299 e. The zero-order chi connectivity index (χ0) is 24.2. The topological polar surface area (TPSA) is 127 Å². The molecule has 4 rings (SSSR count). The van der Waals surface area contributed by atoms with Gasteiger partial charge in [0.05, 0.1) is 15.9 Å². The van der Waals surface area contributed by atoms with E-state index in [1.165, 1.54) is 6.07 Å². The van der Waals surface area contributed by atoms with Crippen molar-refractivity contribution in [1.29, 1.82) is 0 Å². The Labute approximate surface area is 194 Å². The Morgan fingerprint density at radius 3 is 2.06 bits per heavy atom. The predicted octanol–water partition coefficient (Wildman–Crippen LogP) is 6.08. The maximum Gasteiger partial charge on any atom is 0.299 e. The molecule has 0 aliphatic carbocycles. The molecule has 34 heavy (non-hydrogen) atoms. The van der Waals surface area contributed by atoms with E-state index in [0.29, 0.717) is 5.56 Å². The van der Waals surface area contributed by atoms with Crippen molar-refractivity contribution in [1.82, 2.24) is 0 Å². The first-order valence-electron chi connectivity index (χ1n) is 10.4. The van der Waals surface area contributed by atoms with Crippen LogP contribution in [0.3, 0.4) is 0 Å². The maximum atomic E-state index is 12.6. The highest BCUT2D eigenvalue weighted by Gasteiger charge is 2.27. The summed E-state index contributed by atoms with van der Waals surface area (Å²) < 4.78 is 0. The van der Waals surface area contributed by atoms with Gasteiger partial charge in [-0.25, -0.2) is 0 Å². The molecular weight excluding hydrogens is 436 g/mol. The number of benzene rings is 4. The molecule has 0 aliphatic heterocycles. The summed E-state index contributed by atoms with van der Waals surface area (Å²) in [6, 6.07) is 23.6. The molecule has 0 radical (unpaired) electrons. The van der Waals surface area contributed by atoms with Gasteiger partial charge in [0, 0.05) is 11.6 Å². The highest BCUT2D eigenvalue weighted by molar-refractivity contribution is 6.06. The molecule has 0 unspecified atom stereocenters. The van der Waals surface area contributed by atoms with Crippen LogP contribution >= 0.6 is 0 Å². The van der Waals surface area contributed by atoms with Crippen molar-refractivity contribution < 1.29 is 14.6 Å². The monoisotopic (exact) mass is 456 g/mol. The van der Waals surface area contributed by atoms with E-state index in [-0.39, 0.29) is 17.4 Å². The van der Waals surface area contributed by atoms with Crippen molar-refractivity contribution in [3.63, 3.8) is 0 Å². The maximum absolute atomic E-state index is 12.6. The lowest BCUT2D eigenvalue weighted by molar-refractivity contribution is -0.393. The number of carbonyl (C=O) groups excluding carboxylic acids is 1. The third-order valence-corrected chi connectivity index (χ3v) is 5.44. The molecule has 4 aromatic carbocycles. The van der Waals surface area contributed by atoms with Crippen LogP contribution in [0.5, 0.6) is 0 Å². The molecule has 0 saturated heterocycles. The van der Waals surface area contributed by atoms with Crippen LogP contribution in [0, 0.1) is 20.2 Å². The summed E-state index contributed by atoms with van der Waals surface area (Å²) in [5, 5.41) is 31.0. The number of hydrogen-bond acceptors (Lipinski definition) is 6. The van der Waals surface area contributed by atoms with Crippen molar-refractivity contribution in [2.24, 2.45) is 0 Å². The van der Waals surface area contributed by atoms with E-state index in [0.717, 1.165) is 22.4 Å². The summed E-state index contributed by atoms with van der Waals surface area (Å²) in [6.07, 6.45) is 0. The van der Waals surface area contributed by atoms with Crippen molar-refractivity contribution >= 4 is 39.4 Å². The van der Waals surface area contributed by atoms with Gasteiger partial charge in [0.1, 0.15) is 11.4 Å². The van der Waals surface area contributed by atoms with Crippen LogP contribution in [0.4, 0.5) is 22.7 Å². The number of rotatable bonds is 7. The normalized spacial score (nSPS) is 11.6. The predicted molar refractivity (Wildman–Crippen MR) is 130 cm³/mol. The molecule has 4 aromatic rings. The summed E-state index contributed by atoms with van der Waals surface area (Å²) in [7, 11) is 0. The number of carbonyl (C=O) groups is 1. The molecule has 0 spiro atoms. The largest absolute Gasteiger partial charge is 0.373 e. The van der Waals surface area contributed by atoms with Crippen molar-refractivity contribution in [2.45, 2.75) is 13.0 Å². The second-order valence-electron chi connectivity index (χ2n) is 7.69. The number of anilines is 2. The molecule has 1 atom stereocenters. The minimum atomic E-state index is -0.760. The summed E-state index contributed by atoms with van der Waals surface area (Å²) >= 11 is 0. The van der Waals surface area contributed by atoms with E-state index in [9.17, 15) is 25.0 Å².